The molecule has 1 fully saturated rings. The van der Waals surface area contributed by atoms with E-state index in [1.807, 2.05) is 45.9 Å². The maximum Gasteiger partial charge on any atom is 0.309 e. The second kappa shape index (κ2) is 9.38. The molecule has 4 heteroatoms. The van der Waals surface area contributed by atoms with Crippen LogP contribution >= 0.6 is 0 Å². The average molecular weight is 375 g/mol. The number of hydrogen-bond donors (Lipinski definition) is 0. The molecule has 4 nitrogen and oxygen atoms in total. The average Bonchev–Trinajstić information content (AvgIpc) is 3.08. The Morgan fingerprint density at radius 1 is 1.07 bits per heavy atom. The molecule has 150 valence electrons. The maximum absolute atomic E-state index is 12.6. The summed E-state index contributed by atoms with van der Waals surface area (Å²) in [6, 6.07) is 10.3. The molecule has 1 aromatic rings. The Bertz CT molecular complexity index is 611. The van der Waals surface area contributed by atoms with Gasteiger partial charge in [0.25, 0.3) is 0 Å². The van der Waals surface area contributed by atoms with Crippen molar-refractivity contribution in [1.82, 2.24) is 0 Å². The third kappa shape index (κ3) is 6.67. The van der Waals surface area contributed by atoms with Gasteiger partial charge in [0.05, 0.1) is 12.3 Å². The van der Waals surface area contributed by atoms with E-state index in [-0.39, 0.29) is 30.4 Å². The predicted molar refractivity (Wildman–Crippen MR) is 106 cm³/mol. The highest BCUT2D eigenvalue weighted by atomic mass is 16.6. The Kier molecular flexibility index (Phi) is 7.46. The van der Waals surface area contributed by atoms with Gasteiger partial charge in [-0.15, -0.1) is 0 Å². The first-order valence-corrected chi connectivity index (χ1v) is 10.1. The molecule has 1 aliphatic rings. The lowest BCUT2D eigenvalue weighted by Crippen LogP contribution is -2.31. The van der Waals surface area contributed by atoms with Crippen LogP contribution in [-0.4, -0.2) is 23.6 Å². The van der Waals surface area contributed by atoms with Crippen molar-refractivity contribution in [2.75, 3.05) is 0 Å². The van der Waals surface area contributed by atoms with Gasteiger partial charge in [-0.3, -0.25) is 9.59 Å². The smallest absolute Gasteiger partial charge is 0.309 e. The molecule has 1 saturated carbocycles. The van der Waals surface area contributed by atoms with Crippen molar-refractivity contribution in [3.8, 4) is 0 Å². The molecule has 0 spiro atoms. The minimum Gasteiger partial charge on any atom is -0.462 e. The highest BCUT2D eigenvalue weighted by Gasteiger charge is 2.33. The van der Waals surface area contributed by atoms with E-state index in [0.717, 1.165) is 0 Å². The van der Waals surface area contributed by atoms with Crippen LogP contribution in [0.25, 0.3) is 0 Å². The van der Waals surface area contributed by atoms with Crippen LogP contribution in [0.2, 0.25) is 0 Å². The van der Waals surface area contributed by atoms with Gasteiger partial charge >= 0.3 is 11.9 Å². The lowest BCUT2D eigenvalue weighted by atomic mass is 9.81. The molecular formula is C23H34O4. The minimum atomic E-state index is -0.547. The number of rotatable bonds is 7. The van der Waals surface area contributed by atoms with Crippen molar-refractivity contribution in [3.63, 3.8) is 0 Å². The summed E-state index contributed by atoms with van der Waals surface area (Å²) in [4.78, 5) is 24.6. The number of carbonyl (C=O) groups is 2. The monoisotopic (exact) mass is 374 g/mol. The van der Waals surface area contributed by atoms with Gasteiger partial charge < -0.3 is 9.47 Å². The summed E-state index contributed by atoms with van der Waals surface area (Å²) in [7, 11) is 0. The molecule has 27 heavy (non-hydrogen) atoms. The molecule has 0 heterocycles. The van der Waals surface area contributed by atoms with Crippen LogP contribution < -0.4 is 0 Å². The van der Waals surface area contributed by atoms with Crippen molar-refractivity contribution < 1.29 is 19.1 Å². The topological polar surface area (TPSA) is 52.6 Å². The lowest BCUT2D eigenvalue weighted by molar-refractivity contribution is -0.163. The van der Waals surface area contributed by atoms with Gasteiger partial charge in [-0.1, -0.05) is 50.1 Å². The highest BCUT2D eigenvalue weighted by molar-refractivity contribution is 5.80. The highest BCUT2D eigenvalue weighted by Crippen LogP contribution is 2.40. The van der Waals surface area contributed by atoms with E-state index in [2.05, 4.69) is 12.1 Å². The molecule has 3 atom stereocenters. The van der Waals surface area contributed by atoms with E-state index in [0.29, 0.717) is 5.92 Å². The Balaban J connectivity index is 2.00. The van der Waals surface area contributed by atoms with Crippen molar-refractivity contribution in [2.24, 2.45) is 11.8 Å². The van der Waals surface area contributed by atoms with Gasteiger partial charge in [-0.2, -0.15) is 0 Å². The van der Waals surface area contributed by atoms with E-state index in [9.17, 15) is 9.59 Å². The fraction of sp³-hybridized carbons (Fsp3) is 0.652. The molecule has 2 rings (SSSR count). The van der Waals surface area contributed by atoms with Crippen molar-refractivity contribution >= 4 is 11.9 Å². The molecule has 0 bridgehead atoms. The summed E-state index contributed by atoms with van der Waals surface area (Å²) in [5, 5.41) is 0. The molecular weight excluding hydrogens is 340 g/mol. The third-order valence-electron chi connectivity index (χ3n) is 5.20. The molecule has 1 aliphatic carbocycles. The van der Waals surface area contributed by atoms with Gasteiger partial charge in [-0.25, -0.2) is 0 Å². The summed E-state index contributed by atoms with van der Waals surface area (Å²) >= 11 is 0. The Labute approximate surface area is 163 Å². The van der Waals surface area contributed by atoms with Crippen LogP contribution in [0.1, 0.15) is 78.2 Å². The number of benzene rings is 1. The molecule has 0 aliphatic heterocycles. The molecule has 0 N–H and O–H groups in total. The van der Waals surface area contributed by atoms with E-state index in [1.165, 1.54) is 31.2 Å². The van der Waals surface area contributed by atoms with Crippen LogP contribution in [0.4, 0.5) is 0 Å². The van der Waals surface area contributed by atoms with E-state index in [4.69, 9.17) is 9.47 Å². The van der Waals surface area contributed by atoms with Crippen LogP contribution in [0.3, 0.4) is 0 Å². The zero-order valence-corrected chi connectivity index (χ0v) is 17.4. The quantitative estimate of drug-likeness (QED) is 0.611. The second-order valence-electron chi connectivity index (χ2n) is 8.81. The van der Waals surface area contributed by atoms with Gasteiger partial charge in [0.2, 0.25) is 0 Å². The van der Waals surface area contributed by atoms with Crippen molar-refractivity contribution in [3.05, 3.63) is 35.9 Å². The van der Waals surface area contributed by atoms with Crippen molar-refractivity contribution in [1.29, 1.82) is 0 Å². The number of esters is 2. The lowest BCUT2D eigenvalue weighted by Gasteiger charge is -2.30. The standard InChI is InChI=1S/C23H34O4/c1-16(15-20(24)27-23(3,4)5)22(25)26-17(2)21(19-13-9-10-14-19)18-11-7-6-8-12-18/h6-8,11-12,16-17,19,21H,9-10,13-15H2,1-5H3/t16-,17?,21-/m1/s1. The molecule has 1 unspecified atom stereocenters. The number of hydrogen-bond acceptors (Lipinski definition) is 4. The fourth-order valence-corrected chi connectivity index (χ4v) is 4.01. The van der Waals surface area contributed by atoms with Gasteiger partial charge in [0, 0.05) is 5.92 Å². The maximum atomic E-state index is 12.6. The summed E-state index contributed by atoms with van der Waals surface area (Å²) in [5.41, 5.74) is 0.680. The van der Waals surface area contributed by atoms with Gasteiger partial charge in [0.15, 0.2) is 0 Å². The van der Waals surface area contributed by atoms with Gasteiger partial charge in [-0.05, 0) is 52.0 Å². The summed E-state index contributed by atoms with van der Waals surface area (Å²) in [6.07, 6.45) is 4.66. The first-order valence-electron chi connectivity index (χ1n) is 10.1. The van der Waals surface area contributed by atoms with Gasteiger partial charge in [0.1, 0.15) is 11.7 Å². The SMILES string of the molecule is CC(OC(=O)[C@H](C)CC(=O)OC(C)(C)C)[C@H](c1ccccc1)C1CCCC1. The molecule has 0 amide bonds. The van der Waals surface area contributed by atoms with E-state index in [1.54, 1.807) is 6.92 Å². The van der Waals surface area contributed by atoms with Crippen LogP contribution in [0, 0.1) is 11.8 Å². The second-order valence-corrected chi connectivity index (χ2v) is 8.81. The minimum absolute atomic E-state index is 0.0439. The summed E-state index contributed by atoms with van der Waals surface area (Å²) < 4.78 is 11.1. The first kappa shape index (κ1) is 21.5. The Morgan fingerprint density at radius 3 is 2.22 bits per heavy atom. The molecule has 0 aromatic heterocycles. The van der Waals surface area contributed by atoms with Crippen LogP contribution in [0.15, 0.2) is 30.3 Å². The zero-order chi connectivity index (χ0) is 20.0. The van der Waals surface area contributed by atoms with Crippen molar-refractivity contribution in [2.45, 2.75) is 84.3 Å². The molecule has 0 radical (unpaired) electrons. The predicted octanol–water partition coefficient (Wildman–Crippen LogP) is 5.26. The summed E-state index contributed by atoms with van der Waals surface area (Å²) in [5.74, 6) is -0.465. The zero-order valence-electron chi connectivity index (χ0n) is 17.4. The van der Waals surface area contributed by atoms with E-state index >= 15 is 0 Å². The van der Waals surface area contributed by atoms with Crippen LogP contribution in [0.5, 0.6) is 0 Å². The third-order valence-corrected chi connectivity index (χ3v) is 5.20. The largest absolute Gasteiger partial charge is 0.462 e. The fourth-order valence-electron chi connectivity index (χ4n) is 4.01. The first-order chi connectivity index (χ1) is 12.7. The Morgan fingerprint density at radius 2 is 1.67 bits per heavy atom. The number of ether oxygens (including phenoxy) is 2. The number of carbonyl (C=O) groups excluding carboxylic acids is 2. The molecule has 0 saturated heterocycles. The van der Waals surface area contributed by atoms with Crippen LogP contribution in [-0.2, 0) is 19.1 Å². The van der Waals surface area contributed by atoms with E-state index < -0.39 is 11.5 Å². The normalized spacial score (nSPS) is 18.6. The summed E-state index contributed by atoms with van der Waals surface area (Å²) in [6.45, 7) is 9.17. The Hall–Kier alpha value is -1.84. The molecule has 1 aromatic carbocycles.